The number of rotatable bonds is 21. The fourth-order valence-corrected chi connectivity index (χ4v) is 2.41. The Kier molecular flexibility index (Phi) is 18.9. The van der Waals surface area contributed by atoms with Crippen LogP contribution in [-0.2, 0) is 28.5 Å². The average molecular weight is 435 g/mol. The Morgan fingerprint density at radius 2 is 1.27 bits per heavy atom. The molecule has 0 spiro atoms. The van der Waals surface area contributed by atoms with Crippen LogP contribution in [0.3, 0.4) is 0 Å². The van der Waals surface area contributed by atoms with E-state index in [1.807, 2.05) is 13.8 Å². The van der Waals surface area contributed by atoms with E-state index in [-0.39, 0.29) is 24.8 Å². The van der Waals surface area contributed by atoms with Gasteiger partial charge >= 0.3 is 5.97 Å². The van der Waals surface area contributed by atoms with Crippen LogP contribution in [0.1, 0.15) is 47.0 Å². The maximum atomic E-state index is 12.2. The third-order valence-electron chi connectivity index (χ3n) is 4.00. The minimum atomic E-state index is -0.915. The first kappa shape index (κ1) is 28.7. The lowest BCUT2D eigenvalue weighted by molar-refractivity contribution is -0.137. The summed E-state index contributed by atoms with van der Waals surface area (Å²) in [4.78, 5) is 22.9. The molecule has 30 heavy (non-hydrogen) atoms. The van der Waals surface area contributed by atoms with Crippen molar-refractivity contribution in [3.8, 4) is 0 Å². The van der Waals surface area contributed by atoms with Gasteiger partial charge in [0, 0.05) is 25.6 Å². The lowest BCUT2D eigenvalue weighted by Gasteiger charge is -2.20. The highest BCUT2D eigenvalue weighted by Crippen LogP contribution is 2.00. The topological polar surface area (TPSA) is 115 Å². The minimum absolute atomic E-state index is 0.0550. The van der Waals surface area contributed by atoms with Crippen LogP contribution in [0.25, 0.3) is 0 Å². The van der Waals surface area contributed by atoms with Crippen LogP contribution < -0.4 is 10.6 Å². The first-order chi connectivity index (χ1) is 14.3. The van der Waals surface area contributed by atoms with Gasteiger partial charge in [-0.15, -0.1) is 0 Å². The van der Waals surface area contributed by atoms with Crippen molar-refractivity contribution >= 4 is 11.9 Å². The zero-order valence-corrected chi connectivity index (χ0v) is 19.1. The summed E-state index contributed by atoms with van der Waals surface area (Å²) in [5.74, 6) is -0.474. The Morgan fingerprint density at radius 3 is 1.73 bits per heavy atom. The smallest absolute Gasteiger partial charge is 0.303 e. The summed E-state index contributed by atoms with van der Waals surface area (Å²) < 4.78 is 21.7. The molecule has 9 heteroatoms. The molecule has 9 nitrogen and oxygen atoms in total. The van der Waals surface area contributed by atoms with Gasteiger partial charge < -0.3 is 34.7 Å². The molecular formula is C21H42N2O7. The Labute approximate surface area is 181 Å². The Hall–Kier alpha value is -1.26. The molecule has 0 aliphatic carbocycles. The number of nitrogens with one attached hydrogen (secondary N) is 2. The second-order valence-electron chi connectivity index (χ2n) is 7.73. The van der Waals surface area contributed by atoms with E-state index in [2.05, 4.69) is 24.5 Å². The van der Waals surface area contributed by atoms with E-state index in [0.717, 1.165) is 13.0 Å². The highest BCUT2D eigenvalue weighted by molar-refractivity contribution is 5.82. The Bertz CT molecular complexity index is 434. The van der Waals surface area contributed by atoms with Gasteiger partial charge in [-0.25, -0.2) is 0 Å². The van der Waals surface area contributed by atoms with Gasteiger partial charge in [-0.05, 0) is 18.8 Å². The van der Waals surface area contributed by atoms with E-state index in [4.69, 9.17) is 24.1 Å². The summed E-state index contributed by atoms with van der Waals surface area (Å²) in [5.41, 5.74) is 0. The monoisotopic (exact) mass is 434 g/mol. The first-order valence-corrected chi connectivity index (χ1v) is 10.9. The van der Waals surface area contributed by atoms with Crippen LogP contribution in [0.15, 0.2) is 0 Å². The second-order valence-corrected chi connectivity index (χ2v) is 7.73. The van der Waals surface area contributed by atoms with Gasteiger partial charge in [0.1, 0.15) is 0 Å². The van der Waals surface area contributed by atoms with Gasteiger partial charge in [0.05, 0.1) is 52.3 Å². The molecule has 0 bridgehead atoms. The molecule has 0 saturated heterocycles. The van der Waals surface area contributed by atoms with E-state index >= 15 is 0 Å². The Balaban J connectivity index is 3.52. The lowest BCUT2D eigenvalue weighted by atomic mass is 10.1. The number of hydrogen-bond donors (Lipinski definition) is 3. The zero-order valence-electron chi connectivity index (χ0n) is 19.1. The third-order valence-corrected chi connectivity index (χ3v) is 4.00. The van der Waals surface area contributed by atoms with Gasteiger partial charge in [0.15, 0.2) is 0 Å². The van der Waals surface area contributed by atoms with E-state index < -0.39 is 12.0 Å². The van der Waals surface area contributed by atoms with Crippen LogP contribution >= 0.6 is 0 Å². The summed E-state index contributed by atoms with van der Waals surface area (Å²) in [5, 5.41) is 14.6. The number of hydrogen-bond acceptors (Lipinski definition) is 7. The fraction of sp³-hybridized carbons (Fsp3) is 0.905. The van der Waals surface area contributed by atoms with E-state index in [0.29, 0.717) is 58.7 Å². The molecule has 0 unspecified atom stereocenters. The predicted octanol–water partition coefficient (Wildman–Crippen LogP) is 1.45. The molecule has 0 rings (SSSR count). The number of carboxylic acid groups (broad SMARTS) is 1. The number of amides is 1. The number of aliphatic carboxylic acids is 1. The SMILES string of the molecule is CC(C)CCOCCOCCOCCOCCNC(=O)[C@@H](CCC(=O)O)NC(C)C. The standard InChI is InChI=1S/C21H42N2O7/c1-17(2)7-9-27-11-13-29-15-16-30-14-12-28-10-8-22-21(26)19(23-18(3)4)5-6-20(24)25/h17-19,23H,5-16H2,1-4H3,(H,22,26)(H,24,25)/t19-/m1/s1. The van der Waals surface area contributed by atoms with Crippen LogP contribution in [0.5, 0.6) is 0 Å². The summed E-state index contributed by atoms with van der Waals surface area (Å²) in [6.07, 6.45) is 1.26. The normalized spacial score (nSPS) is 12.5. The van der Waals surface area contributed by atoms with Crippen molar-refractivity contribution in [2.24, 2.45) is 5.92 Å². The van der Waals surface area contributed by atoms with Gasteiger partial charge in [0.2, 0.25) is 5.91 Å². The minimum Gasteiger partial charge on any atom is -0.481 e. The van der Waals surface area contributed by atoms with Gasteiger partial charge in [0.25, 0.3) is 0 Å². The summed E-state index contributed by atoms with van der Waals surface area (Å²) >= 11 is 0. The molecular weight excluding hydrogens is 392 g/mol. The van der Waals surface area contributed by atoms with Crippen molar-refractivity contribution < 1.29 is 33.6 Å². The van der Waals surface area contributed by atoms with Crippen molar-refractivity contribution in [3.05, 3.63) is 0 Å². The van der Waals surface area contributed by atoms with E-state index in [1.54, 1.807) is 0 Å². The van der Waals surface area contributed by atoms with Crippen LogP contribution in [0, 0.1) is 5.92 Å². The maximum absolute atomic E-state index is 12.2. The largest absolute Gasteiger partial charge is 0.481 e. The van der Waals surface area contributed by atoms with Crippen LogP contribution in [0.2, 0.25) is 0 Å². The van der Waals surface area contributed by atoms with Gasteiger partial charge in [-0.1, -0.05) is 27.7 Å². The molecule has 0 heterocycles. The molecule has 0 aromatic rings. The molecule has 178 valence electrons. The van der Waals surface area contributed by atoms with Crippen molar-refractivity contribution in [3.63, 3.8) is 0 Å². The highest BCUT2D eigenvalue weighted by Gasteiger charge is 2.19. The first-order valence-electron chi connectivity index (χ1n) is 10.9. The number of carbonyl (C=O) groups excluding carboxylic acids is 1. The molecule has 0 aliphatic rings. The molecule has 1 amide bonds. The third kappa shape index (κ3) is 20.0. The van der Waals surface area contributed by atoms with Crippen LogP contribution in [-0.4, -0.2) is 88.5 Å². The molecule has 0 aromatic heterocycles. The molecule has 0 fully saturated rings. The second kappa shape index (κ2) is 19.7. The van der Waals surface area contributed by atoms with Crippen LogP contribution in [0.4, 0.5) is 0 Å². The molecule has 0 aromatic carbocycles. The summed E-state index contributed by atoms with van der Waals surface area (Å²) in [6.45, 7) is 12.7. The van der Waals surface area contributed by atoms with Crippen molar-refractivity contribution in [1.29, 1.82) is 0 Å². The number of carboxylic acids is 1. The molecule has 1 atom stereocenters. The summed E-state index contributed by atoms with van der Waals surface area (Å²) in [6, 6.07) is -0.436. The number of carbonyl (C=O) groups is 2. The predicted molar refractivity (Wildman–Crippen MR) is 115 cm³/mol. The zero-order chi connectivity index (χ0) is 22.6. The van der Waals surface area contributed by atoms with Crippen molar-refractivity contribution in [2.75, 3.05) is 59.4 Å². The molecule has 3 N–H and O–H groups in total. The quantitative estimate of drug-likeness (QED) is 0.233. The maximum Gasteiger partial charge on any atom is 0.303 e. The van der Waals surface area contributed by atoms with E-state index in [1.165, 1.54) is 0 Å². The fourth-order valence-electron chi connectivity index (χ4n) is 2.41. The Morgan fingerprint density at radius 1 is 0.767 bits per heavy atom. The highest BCUT2D eigenvalue weighted by atomic mass is 16.6. The number of ether oxygens (including phenoxy) is 4. The van der Waals surface area contributed by atoms with Crippen molar-refractivity contribution in [1.82, 2.24) is 10.6 Å². The molecule has 0 saturated carbocycles. The van der Waals surface area contributed by atoms with E-state index in [9.17, 15) is 9.59 Å². The van der Waals surface area contributed by atoms with Gasteiger partial charge in [-0.3, -0.25) is 9.59 Å². The average Bonchev–Trinajstić information content (AvgIpc) is 2.67. The van der Waals surface area contributed by atoms with Gasteiger partial charge in [-0.2, -0.15) is 0 Å². The molecule has 0 radical (unpaired) electrons. The summed E-state index contributed by atoms with van der Waals surface area (Å²) in [7, 11) is 0. The van der Waals surface area contributed by atoms with Crippen molar-refractivity contribution in [2.45, 2.75) is 59.0 Å². The molecule has 0 aliphatic heterocycles. The lowest BCUT2D eigenvalue weighted by Crippen LogP contribution is -2.47.